The Morgan fingerprint density at radius 3 is 2.22 bits per heavy atom. The van der Waals surface area contributed by atoms with Gasteiger partial charge in [-0.25, -0.2) is 14.0 Å². The van der Waals surface area contributed by atoms with E-state index in [0.29, 0.717) is 18.0 Å². The SMILES string of the molecule is C[C@H](OC(=O)c1ccc(Oc2ccc(F)cc2)cc1)C(=O)N1CCNC1=O. The zero-order valence-corrected chi connectivity index (χ0v) is 14.5. The van der Waals surface area contributed by atoms with Gasteiger partial charge in [0.1, 0.15) is 17.3 Å². The summed E-state index contributed by atoms with van der Waals surface area (Å²) in [5, 5.41) is 2.51. The molecule has 3 rings (SSSR count). The summed E-state index contributed by atoms with van der Waals surface area (Å²) >= 11 is 0. The molecule has 7 nitrogen and oxygen atoms in total. The molecular weight excluding hydrogens is 355 g/mol. The van der Waals surface area contributed by atoms with E-state index in [1.165, 1.54) is 43.3 Å². The molecule has 1 aliphatic heterocycles. The monoisotopic (exact) mass is 372 g/mol. The standard InChI is InChI=1S/C19H17FN2O5/c1-12(17(23)22-11-10-21-19(22)25)26-18(24)13-2-6-15(7-3-13)27-16-8-4-14(20)5-9-16/h2-9,12H,10-11H2,1H3,(H,21,25)/t12-/m0/s1. The van der Waals surface area contributed by atoms with Crippen LogP contribution in [0.25, 0.3) is 0 Å². The van der Waals surface area contributed by atoms with Crippen LogP contribution in [0.3, 0.4) is 0 Å². The molecule has 1 fully saturated rings. The first-order chi connectivity index (χ1) is 12.9. The van der Waals surface area contributed by atoms with E-state index in [9.17, 15) is 18.8 Å². The Morgan fingerprint density at radius 1 is 1.07 bits per heavy atom. The van der Waals surface area contributed by atoms with Crippen molar-refractivity contribution in [1.82, 2.24) is 10.2 Å². The van der Waals surface area contributed by atoms with E-state index in [2.05, 4.69) is 5.32 Å². The number of urea groups is 1. The van der Waals surface area contributed by atoms with Gasteiger partial charge in [0.05, 0.1) is 5.56 Å². The van der Waals surface area contributed by atoms with Gasteiger partial charge in [0.15, 0.2) is 6.10 Å². The number of rotatable bonds is 5. The van der Waals surface area contributed by atoms with E-state index in [-0.39, 0.29) is 17.9 Å². The van der Waals surface area contributed by atoms with Crippen molar-refractivity contribution in [1.29, 1.82) is 0 Å². The van der Waals surface area contributed by atoms with Crippen LogP contribution in [0.5, 0.6) is 11.5 Å². The second-order valence-electron chi connectivity index (χ2n) is 5.85. The number of benzene rings is 2. The van der Waals surface area contributed by atoms with E-state index in [1.54, 1.807) is 12.1 Å². The Bertz CT molecular complexity index is 851. The molecule has 0 saturated carbocycles. The van der Waals surface area contributed by atoms with Crippen molar-refractivity contribution in [2.75, 3.05) is 13.1 Å². The lowest BCUT2D eigenvalue weighted by atomic mass is 10.2. The van der Waals surface area contributed by atoms with Gasteiger partial charge >= 0.3 is 12.0 Å². The number of carbonyl (C=O) groups is 3. The van der Waals surface area contributed by atoms with Crippen LogP contribution in [0.4, 0.5) is 9.18 Å². The molecule has 1 heterocycles. The lowest BCUT2D eigenvalue weighted by Crippen LogP contribution is -2.41. The number of amides is 3. The van der Waals surface area contributed by atoms with E-state index in [4.69, 9.17) is 9.47 Å². The Kier molecular flexibility index (Phi) is 5.35. The van der Waals surface area contributed by atoms with Crippen LogP contribution < -0.4 is 10.1 Å². The third-order valence-corrected chi connectivity index (χ3v) is 3.89. The molecule has 2 aromatic carbocycles. The summed E-state index contributed by atoms with van der Waals surface area (Å²) in [5.74, 6) is -0.722. The van der Waals surface area contributed by atoms with E-state index >= 15 is 0 Å². The summed E-state index contributed by atoms with van der Waals surface area (Å²) in [4.78, 5) is 36.8. The minimum atomic E-state index is -1.09. The van der Waals surface area contributed by atoms with Crippen molar-refractivity contribution >= 4 is 17.9 Å². The molecule has 27 heavy (non-hydrogen) atoms. The first-order valence-electron chi connectivity index (χ1n) is 8.28. The average molecular weight is 372 g/mol. The third-order valence-electron chi connectivity index (χ3n) is 3.89. The highest BCUT2D eigenvalue weighted by atomic mass is 19.1. The van der Waals surface area contributed by atoms with Crippen molar-refractivity contribution in [3.63, 3.8) is 0 Å². The van der Waals surface area contributed by atoms with E-state index in [1.807, 2.05) is 0 Å². The maximum atomic E-state index is 12.9. The second kappa shape index (κ2) is 7.86. The van der Waals surface area contributed by atoms with Crippen molar-refractivity contribution in [3.05, 3.63) is 59.9 Å². The van der Waals surface area contributed by atoms with Crippen LogP contribution in [-0.4, -0.2) is 42.0 Å². The lowest BCUT2D eigenvalue weighted by Gasteiger charge is -2.18. The predicted octanol–water partition coefficient (Wildman–Crippen LogP) is 2.72. The van der Waals surface area contributed by atoms with Gasteiger partial charge in [0.25, 0.3) is 5.91 Å². The number of esters is 1. The molecule has 1 N–H and O–H groups in total. The topological polar surface area (TPSA) is 84.9 Å². The molecule has 0 spiro atoms. The highest BCUT2D eigenvalue weighted by molar-refractivity contribution is 5.99. The fourth-order valence-corrected chi connectivity index (χ4v) is 2.48. The quantitative estimate of drug-likeness (QED) is 0.816. The number of ether oxygens (including phenoxy) is 2. The van der Waals surface area contributed by atoms with Gasteiger partial charge in [-0.3, -0.25) is 9.69 Å². The zero-order valence-electron chi connectivity index (χ0n) is 14.5. The number of imide groups is 1. The van der Waals surface area contributed by atoms with Gasteiger partial charge in [-0.1, -0.05) is 0 Å². The Labute approximate surface area is 154 Å². The highest BCUT2D eigenvalue weighted by Gasteiger charge is 2.31. The van der Waals surface area contributed by atoms with Crippen LogP contribution in [0.2, 0.25) is 0 Å². The van der Waals surface area contributed by atoms with Crippen molar-refractivity contribution in [3.8, 4) is 11.5 Å². The van der Waals surface area contributed by atoms with Crippen molar-refractivity contribution < 1.29 is 28.2 Å². The molecule has 1 saturated heterocycles. The van der Waals surface area contributed by atoms with Gasteiger partial charge in [-0.05, 0) is 55.5 Å². The first-order valence-corrected chi connectivity index (χ1v) is 8.28. The summed E-state index contributed by atoms with van der Waals surface area (Å²) < 4.78 is 23.6. The Hall–Kier alpha value is -3.42. The van der Waals surface area contributed by atoms with Gasteiger partial charge in [-0.15, -0.1) is 0 Å². The maximum Gasteiger partial charge on any atom is 0.338 e. The molecular formula is C19H17FN2O5. The smallest absolute Gasteiger partial charge is 0.338 e. The average Bonchev–Trinajstić information content (AvgIpc) is 3.09. The summed E-state index contributed by atoms with van der Waals surface area (Å²) in [6, 6.07) is 11.1. The zero-order chi connectivity index (χ0) is 19.4. The summed E-state index contributed by atoms with van der Waals surface area (Å²) in [7, 11) is 0. The molecule has 0 aromatic heterocycles. The molecule has 0 unspecified atom stereocenters. The number of nitrogens with zero attached hydrogens (tertiary/aromatic N) is 1. The van der Waals surface area contributed by atoms with E-state index in [0.717, 1.165) is 4.90 Å². The normalized spacial score (nSPS) is 14.4. The van der Waals surface area contributed by atoms with Crippen LogP contribution in [0.1, 0.15) is 17.3 Å². The molecule has 1 atom stereocenters. The number of halogens is 1. The molecule has 2 aromatic rings. The second-order valence-corrected chi connectivity index (χ2v) is 5.85. The summed E-state index contributed by atoms with van der Waals surface area (Å²) in [5.41, 5.74) is 0.229. The number of hydrogen-bond donors (Lipinski definition) is 1. The Morgan fingerprint density at radius 2 is 1.67 bits per heavy atom. The molecule has 1 aliphatic rings. The summed E-state index contributed by atoms with van der Waals surface area (Å²) in [6.07, 6.45) is -1.09. The summed E-state index contributed by atoms with van der Waals surface area (Å²) in [6.45, 7) is 2.04. The van der Waals surface area contributed by atoms with Crippen LogP contribution in [-0.2, 0) is 9.53 Å². The largest absolute Gasteiger partial charge is 0.457 e. The number of nitrogens with one attached hydrogen (secondary N) is 1. The highest BCUT2D eigenvalue weighted by Crippen LogP contribution is 2.22. The molecule has 140 valence electrons. The molecule has 0 bridgehead atoms. The minimum absolute atomic E-state index is 0.229. The van der Waals surface area contributed by atoms with Crippen molar-refractivity contribution in [2.24, 2.45) is 0 Å². The van der Waals surface area contributed by atoms with Gasteiger partial charge in [0.2, 0.25) is 0 Å². The number of carbonyl (C=O) groups excluding carboxylic acids is 3. The Balaban J connectivity index is 1.59. The first kappa shape index (κ1) is 18.4. The molecule has 3 amide bonds. The van der Waals surface area contributed by atoms with E-state index < -0.39 is 24.0 Å². The van der Waals surface area contributed by atoms with Crippen LogP contribution in [0.15, 0.2) is 48.5 Å². The maximum absolute atomic E-state index is 12.9. The van der Waals surface area contributed by atoms with Crippen LogP contribution >= 0.6 is 0 Å². The van der Waals surface area contributed by atoms with Gasteiger partial charge in [0, 0.05) is 13.1 Å². The minimum Gasteiger partial charge on any atom is -0.457 e. The molecule has 0 radical (unpaired) electrons. The van der Waals surface area contributed by atoms with Crippen LogP contribution in [0, 0.1) is 5.82 Å². The lowest BCUT2D eigenvalue weighted by molar-refractivity contribution is -0.136. The van der Waals surface area contributed by atoms with Crippen molar-refractivity contribution in [2.45, 2.75) is 13.0 Å². The third kappa shape index (κ3) is 4.41. The fraction of sp³-hybridized carbons (Fsp3) is 0.211. The predicted molar refractivity (Wildman–Crippen MR) is 92.9 cm³/mol. The fourth-order valence-electron chi connectivity index (χ4n) is 2.48. The van der Waals surface area contributed by atoms with Gasteiger partial charge in [-0.2, -0.15) is 0 Å². The molecule has 0 aliphatic carbocycles. The number of hydrogen-bond acceptors (Lipinski definition) is 5. The van der Waals surface area contributed by atoms with Gasteiger partial charge < -0.3 is 14.8 Å². The molecule has 8 heteroatoms.